The van der Waals surface area contributed by atoms with Crippen LogP contribution in [-0.2, 0) is 14.3 Å². The molecule has 1 aromatic heterocycles. The Morgan fingerprint density at radius 3 is 2.50 bits per heavy atom. The van der Waals surface area contributed by atoms with Crippen molar-refractivity contribution in [3.05, 3.63) is 69.8 Å². The van der Waals surface area contributed by atoms with E-state index in [1.807, 2.05) is 6.92 Å². The molecule has 0 bridgehead atoms. The minimum atomic E-state index is -1.21. The van der Waals surface area contributed by atoms with Crippen LogP contribution in [0.2, 0.25) is 10.0 Å². The van der Waals surface area contributed by atoms with Crippen LogP contribution in [0.5, 0.6) is 5.75 Å². The molecule has 1 heterocycles. The largest absolute Gasteiger partial charge is 0.478 e. The summed E-state index contributed by atoms with van der Waals surface area (Å²) in [6.45, 7) is 1.33. The summed E-state index contributed by atoms with van der Waals surface area (Å²) in [5.41, 5.74) is 6.98. The van der Waals surface area contributed by atoms with Crippen LogP contribution >= 0.6 is 23.2 Å². The van der Waals surface area contributed by atoms with Crippen LogP contribution in [0.1, 0.15) is 17.4 Å². The van der Waals surface area contributed by atoms with Gasteiger partial charge in [-0.2, -0.15) is 0 Å². The highest BCUT2D eigenvalue weighted by Gasteiger charge is 2.23. The second-order valence-corrected chi connectivity index (χ2v) is 6.80. The number of primary amides is 1. The maximum atomic E-state index is 12.2. The topological polar surface area (TPSA) is 91.5 Å². The molecule has 1 atom stereocenters. The number of rotatable bonds is 6. The number of ether oxygens (including phenoxy) is 2. The third-order valence-electron chi connectivity index (χ3n) is 3.92. The zero-order valence-corrected chi connectivity index (χ0v) is 16.3. The minimum Gasteiger partial charge on any atom is -0.478 e. The van der Waals surface area contributed by atoms with Crippen LogP contribution in [0.3, 0.4) is 0 Å². The maximum absolute atomic E-state index is 12.2. The number of aromatic nitrogens is 1. The zero-order valence-electron chi connectivity index (χ0n) is 14.8. The third kappa shape index (κ3) is 4.35. The van der Waals surface area contributed by atoms with E-state index in [4.69, 9.17) is 38.4 Å². The number of amides is 1. The molecule has 1 amide bonds. The smallest absolute Gasteiger partial charge is 0.345 e. The van der Waals surface area contributed by atoms with Gasteiger partial charge in [0.25, 0.3) is 5.91 Å². The number of nitrogens with two attached hydrogens (primary N) is 1. The Kier molecular flexibility index (Phi) is 6.02. The first kappa shape index (κ1) is 19.9. The molecule has 2 N–H and O–H groups in total. The first-order valence-electron chi connectivity index (χ1n) is 8.28. The second-order valence-electron chi connectivity index (χ2n) is 5.99. The molecule has 0 saturated heterocycles. The Morgan fingerprint density at radius 2 is 1.82 bits per heavy atom. The normalized spacial score (nSPS) is 11.8. The number of carbonyl (C=O) groups is 2. The molecule has 6 nitrogen and oxygen atoms in total. The Labute approximate surface area is 171 Å². The number of aryl methyl sites for hydroxylation is 1. The van der Waals surface area contributed by atoms with Gasteiger partial charge in [0.1, 0.15) is 5.52 Å². The van der Waals surface area contributed by atoms with Gasteiger partial charge in [-0.1, -0.05) is 53.5 Å². The van der Waals surface area contributed by atoms with Crippen LogP contribution in [0, 0.1) is 6.92 Å². The number of nitrogens with zero attached hydrogens (tertiary/aromatic N) is 1. The van der Waals surface area contributed by atoms with E-state index >= 15 is 0 Å². The molecule has 0 aliphatic heterocycles. The fraction of sp³-hybridized carbons (Fsp3) is 0.150. The summed E-state index contributed by atoms with van der Waals surface area (Å²) in [5, 5.41) is 1.26. The highest BCUT2D eigenvalue weighted by atomic mass is 35.5. The zero-order chi connectivity index (χ0) is 20.3. The highest BCUT2D eigenvalue weighted by molar-refractivity contribution is 6.39. The van der Waals surface area contributed by atoms with Gasteiger partial charge in [-0.15, -0.1) is 0 Å². The second kappa shape index (κ2) is 8.46. The van der Waals surface area contributed by atoms with Gasteiger partial charge in [0.15, 0.2) is 12.4 Å². The van der Waals surface area contributed by atoms with Crippen molar-refractivity contribution in [1.29, 1.82) is 0 Å². The molecule has 3 aromatic rings. The van der Waals surface area contributed by atoms with Crippen molar-refractivity contribution in [3.63, 3.8) is 0 Å². The number of esters is 1. The highest BCUT2D eigenvalue weighted by Crippen LogP contribution is 2.37. The van der Waals surface area contributed by atoms with E-state index in [2.05, 4.69) is 4.98 Å². The fourth-order valence-corrected chi connectivity index (χ4v) is 3.21. The fourth-order valence-electron chi connectivity index (χ4n) is 2.64. The molecule has 144 valence electrons. The van der Waals surface area contributed by atoms with E-state index in [0.29, 0.717) is 21.5 Å². The SMILES string of the molecule is Cc1ccc2c(Cl)cc(Cl)c(OCC(=O)OC(C(N)=O)c3ccccc3)c2n1. The third-order valence-corrected chi connectivity index (χ3v) is 4.52. The van der Waals surface area contributed by atoms with Crippen molar-refractivity contribution in [2.75, 3.05) is 6.61 Å². The summed E-state index contributed by atoms with van der Waals surface area (Å²) in [6.07, 6.45) is -1.21. The molecule has 0 saturated carbocycles. The Bertz CT molecular complexity index is 1040. The maximum Gasteiger partial charge on any atom is 0.345 e. The van der Waals surface area contributed by atoms with Crippen molar-refractivity contribution in [1.82, 2.24) is 4.98 Å². The molecule has 0 radical (unpaired) electrons. The molecular weight excluding hydrogens is 403 g/mol. The van der Waals surface area contributed by atoms with Gasteiger partial charge in [0.05, 0.1) is 10.0 Å². The van der Waals surface area contributed by atoms with Gasteiger partial charge < -0.3 is 15.2 Å². The lowest BCUT2D eigenvalue weighted by atomic mass is 10.1. The summed E-state index contributed by atoms with van der Waals surface area (Å²) in [5.74, 6) is -1.36. The summed E-state index contributed by atoms with van der Waals surface area (Å²) in [4.78, 5) is 28.3. The number of halogens is 2. The quantitative estimate of drug-likeness (QED) is 0.610. The molecule has 3 rings (SSSR count). The molecule has 0 fully saturated rings. The monoisotopic (exact) mass is 418 g/mol. The van der Waals surface area contributed by atoms with Gasteiger partial charge in [-0.25, -0.2) is 9.78 Å². The van der Waals surface area contributed by atoms with Crippen LogP contribution < -0.4 is 10.5 Å². The molecule has 28 heavy (non-hydrogen) atoms. The van der Waals surface area contributed by atoms with Gasteiger partial charge in [-0.3, -0.25) is 4.79 Å². The number of benzene rings is 2. The first-order valence-corrected chi connectivity index (χ1v) is 9.04. The number of hydrogen-bond acceptors (Lipinski definition) is 5. The molecule has 0 aliphatic carbocycles. The molecule has 0 aliphatic rings. The van der Waals surface area contributed by atoms with Crippen LogP contribution in [0.4, 0.5) is 0 Å². The van der Waals surface area contributed by atoms with Gasteiger partial charge in [0, 0.05) is 16.6 Å². The molecule has 2 aromatic carbocycles. The van der Waals surface area contributed by atoms with Crippen molar-refractivity contribution in [2.45, 2.75) is 13.0 Å². The number of carbonyl (C=O) groups excluding carboxylic acids is 2. The summed E-state index contributed by atoms with van der Waals surface area (Å²) in [7, 11) is 0. The number of pyridine rings is 1. The first-order chi connectivity index (χ1) is 13.4. The van der Waals surface area contributed by atoms with Crippen molar-refractivity contribution in [2.24, 2.45) is 5.73 Å². The van der Waals surface area contributed by atoms with E-state index in [9.17, 15) is 9.59 Å². The predicted octanol–water partition coefficient (Wildman–Crippen LogP) is 4.00. The van der Waals surface area contributed by atoms with Crippen molar-refractivity contribution >= 4 is 46.0 Å². The lowest BCUT2D eigenvalue weighted by molar-refractivity contribution is -0.157. The van der Waals surface area contributed by atoms with Crippen LogP contribution in [0.25, 0.3) is 10.9 Å². The van der Waals surface area contributed by atoms with E-state index in [1.165, 1.54) is 6.07 Å². The van der Waals surface area contributed by atoms with Crippen LogP contribution in [0.15, 0.2) is 48.5 Å². The average molecular weight is 419 g/mol. The molecule has 8 heteroatoms. The van der Waals surface area contributed by atoms with Gasteiger partial charge >= 0.3 is 5.97 Å². The van der Waals surface area contributed by atoms with Gasteiger partial charge in [0.2, 0.25) is 6.10 Å². The average Bonchev–Trinajstić information content (AvgIpc) is 2.66. The van der Waals surface area contributed by atoms with E-state index < -0.39 is 24.6 Å². The molecular formula is C20H16Cl2N2O4. The van der Waals surface area contributed by atoms with E-state index in [-0.39, 0.29) is 10.8 Å². The Hall–Kier alpha value is -2.83. The summed E-state index contributed by atoms with van der Waals surface area (Å²) >= 11 is 12.4. The lowest BCUT2D eigenvalue weighted by Gasteiger charge is -2.16. The van der Waals surface area contributed by atoms with E-state index in [1.54, 1.807) is 42.5 Å². The van der Waals surface area contributed by atoms with Crippen molar-refractivity contribution < 1.29 is 19.1 Å². The van der Waals surface area contributed by atoms with Crippen molar-refractivity contribution in [3.8, 4) is 5.75 Å². The number of hydrogen-bond donors (Lipinski definition) is 1. The Morgan fingerprint density at radius 1 is 1.11 bits per heavy atom. The van der Waals surface area contributed by atoms with Crippen LogP contribution in [-0.4, -0.2) is 23.5 Å². The standard InChI is InChI=1S/C20H16Cl2N2O4/c1-11-7-8-13-14(21)9-15(22)19(17(13)24-11)27-10-16(25)28-18(20(23)26)12-5-3-2-4-6-12/h2-9,18H,10H2,1H3,(H2,23,26). The predicted molar refractivity (Wildman–Crippen MR) is 106 cm³/mol. The lowest BCUT2D eigenvalue weighted by Crippen LogP contribution is -2.28. The molecule has 1 unspecified atom stereocenters. The summed E-state index contributed by atoms with van der Waals surface area (Å²) < 4.78 is 10.7. The number of fused-ring (bicyclic) bond motifs is 1. The van der Waals surface area contributed by atoms with Gasteiger partial charge in [-0.05, 0) is 25.1 Å². The summed E-state index contributed by atoms with van der Waals surface area (Å²) in [6, 6.07) is 13.6. The minimum absolute atomic E-state index is 0.206. The Balaban J connectivity index is 1.79. The molecule has 0 spiro atoms. The van der Waals surface area contributed by atoms with E-state index in [0.717, 1.165) is 5.69 Å².